The molecule has 3 N–H and O–H groups in total. The van der Waals surface area contributed by atoms with Gasteiger partial charge in [0.2, 0.25) is 10.1 Å². The van der Waals surface area contributed by atoms with Gasteiger partial charge in [0.05, 0.1) is 23.1 Å². The number of amides is 1. The maximum atomic E-state index is 12.9. The molecular formula is C21H21N7OS. The fraction of sp³-hybridized carbons (Fsp3) is 0.238. The molecule has 3 heterocycles. The smallest absolute Gasteiger partial charge is 0.286 e. The van der Waals surface area contributed by atoms with Crippen molar-refractivity contribution in [2.75, 3.05) is 23.3 Å². The van der Waals surface area contributed by atoms with Crippen LogP contribution >= 0.6 is 11.3 Å². The fourth-order valence-corrected chi connectivity index (χ4v) is 4.49. The lowest BCUT2D eigenvalue weighted by Crippen LogP contribution is -2.43. The third-order valence-corrected chi connectivity index (χ3v) is 6.12. The second-order valence-electron chi connectivity index (χ2n) is 7.32. The second-order valence-corrected chi connectivity index (χ2v) is 8.28. The molecule has 1 aliphatic heterocycles. The van der Waals surface area contributed by atoms with Crippen LogP contribution in [-0.4, -0.2) is 45.0 Å². The van der Waals surface area contributed by atoms with Crippen molar-refractivity contribution in [3.63, 3.8) is 0 Å². The summed E-state index contributed by atoms with van der Waals surface area (Å²) in [5.74, 6) is -0.288. The molecule has 0 bridgehead atoms. The van der Waals surface area contributed by atoms with Crippen LogP contribution < -0.4 is 16.0 Å². The van der Waals surface area contributed by atoms with Gasteiger partial charge < -0.3 is 16.0 Å². The Balaban J connectivity index is 1.38. The van der Waals surface area contributed by atoms with Gasteiger partial charge in [0.15, 0.2) is 0 Å². The Labute approximate surface area is 177 Å². The Hall–Kier alpha value is -3.30. The number of hydrogen-bond acceptors (Lipinski definition) is 7. The van der Waals surface area contributed by atoms with Gasteiger partial charge in [0.25, 0.3) is 5.91 Å². The van der Waals surface area contributed by atoms with Crippen molar-refractivity contribution < 1.29 is 4.79 Å². The average molecular weight is 420 g/mol. The summed E-state index contributed by atoms with van der Waals surface area (Å²) in [6.07, 6.45) is 3.85. The van der Waals surface area contributed by atoms with Gasteiger partial charge in [-0.1, -0.05) is 41.7 Å². The van der Waals surface area contributed by atoms with E-state index < -0.39 is 0 Å². The molecule has 4 aromatic rings. The van der Waals surface area contributed by atoms with Crippen molar-refractivity contribution in [2.24, 2.45) is 5.73 Å². The molecule has 8 nitrogen and oxygen atoms in total. The lowest BCUT2D eigenvalue weighted by molar-refractivity contribution is 0.102. The molecule has 1 fully saturated rings. The monoisotopic (exact) mass is 419 g/mol. The van der Waals surface area contributed by atoms with Crippen LogP contribution in [0.1, 0.15) is 22.6 Å². The Kier molecular flexibility index (Phi) is 4.89. The summed E-state index contributed by atoms with van der Waals surface area (Å²) >= 11 is 1.21. The highest BCUT2D eigenvalue weighted by molar-refractivity contribution is 7.15. The number of aromatic nitrogens is 4. The van der Waals surface area contributed by atoms with E-state index in [0.717, 1.165) is 48.2 Å². The van der Waals surface area contributed by atoms with Gasteiger partial charge in [-0.2, -0.15) is 5.10 Å². The molecule has 0 saturated carbocycles. The minimum atomic E-state index is -0.288. The van der Waals surface area contributed by atoms with Crippen molar-refractivity contribution in [2.45, 2.75) is 18.9 Å². The Morgan fingerprint density at radius 1 is 1.13 bits per heavy atom. The minimum absolute atomic E-state index is 0.150. The quantitative estimate of drug-likeness (QED) is 0.527. The first-order chi connectivity index (χ1) is 14.7. The zero-order valence-electron chi connectivity index (χ0n) is 16.2. The topological polar surface area (TPSA) is 102 Å². The van der Waals surface area contributed by atoms with E-state index in [2.05, 4.69) is 25.5 Å². The van der Waals surface area contributed by atoms with Gasteiger partial charge >= 0.3 is 0 Å². The molecule has 1 amide bonds. The molecule has 2 aromatic carbocycles. The van der Waals surface area contributed by atoms with E-state index in [4.69, 9.17) is 5.73 Å². The number of nitrogens with two attached hydrogens (primary N) is 1. The van der Waals surface area contributed by atoms with Gasteiger partial charge in [-0.05, 0) is 31.0 Å². The van der Waals surface area contributed by atoms with Crippen LogP contribution in [-0.2, 0) is 0 Å². The van der Waals surface area contributed by atoms with Crippen LogP contribution in [0.2, 0.25) is 0 Å². The number of piperidine rings is 1. The lowest BCUT2D eigenvalue weighted by Gasteiger charge is -2.33. The number of nitrogens with one attached hydrogen (secondary N) is 1. The number of carbonyl (C=O) groups is 1. The Morgan fingerprint density at radius 3 is 2.87 bits per heavy atom. The van der Waals surface area contributed by atoms with Crippen LogP contribution in [0.15, 0.2) is 54.7 Å². The molecular weight excluding hydrogens is 398 g/mol. The molecule has 152 valence electrons. The fourth-order valence-electron chi connectivity index (χ4n) is 3.78. The SMILES string of the molecule is N[C@@H]1CCCN(c2ccccc2NC(=O)c2nnc(-n3ncc4ccccc43)s2)C1. The molecule has 0 unspecified atom stereocenters. The van der Waals surface area contributed by atoms with Crippen LogP contribution in [0, 0.1) is 0 Å². The molecule has 5 rings (SSSR count). The summed E-state index contributed by atoms with van der Waals surface area (Å²) < 4.78 is 1.70. The molecule has 1 atom stereocenters. The van der Waals surface area contributed by atoms with E-state index in [0.29, 0.717) is 5.13 Å². The third-order valence-electron chi connectivity index (χ3n) is 5.22. The zero-order valence-corrected chi connectivity index (χ0v) is 17.0. The van der Waals surface area contributed by atoms with Crippen LogP contribution in [0.5, 0.6) is 0 Å². The number of para-hydroxylation sites is 3. The standard InChI is InChI=1S/C21H21N7OS/c22-15-7-5-11-27(13-15)18-10-4-2-8-16(18)24-19(29)20-25-26-21(30-20)28-17-9-3-1-6-14(17)12-23-28/h1-4,6,8-10,12,15H,5,7,11,13,22H2,(H,24,29)/t15-/m1/s1. The summed E-state index contributed by atoms with van der Waals surface area (Å²) in [6.45, 7) is 1.71. The van der Waals surface area contributed by atoms with Crippen molar-refractivity contribution in [3.8, 4) is 5.13 Å². The summed E-state index contributed by atoms with van der Waals surface area (Å²) in [5.41, 5.74) is 8.79. The molecule has 9 heteroatoms. The highest BCUT2D eigenvalue weighted by atomic mass is 32.1. The van der Waals surface area contributed by atoms with Gasteiger partial charge in [0.1, 0.15) is 0 Å². The van der Waals surface area contributed by atoms with E-state index >= 15 is 0 Å². The predicted molar refractivity (Wildman–Crippen MR) is 118 cm³/mol. The first kappa shape index (κ1) is 18.7. The average Bonchev–Trinajstić information content (AvgIpc) is 3.41. The lowest BCUT2D eigenvalue weighted by atomic mass is 10.1. The van der Waals surface area contributed by atoms with Gasteiger partial charge in [-0.3, -0.25) is 4.79 Å². The number of carbonyl (C=O) groups excluding carboxylic acids is 1. The highest BCUT2D eigenvalue weighted by Crippen LogP contribution is 2.29. The van der Waals surface area contributed by atoms with Crippen LogP contribution in [0.4, 0.5) is 11.4 Å². The predicted octanol–water partition coefficient (Wildman–Crippen LogP) is 3.06. The first-order valence-electron chi connectivity index (χ1n) is 9.86. The van der Waals surface area contributed by atoms with E-state index in [1.54, 1.807) is 10.9 Å². The Bertz CT molecular complexity index is 1200. The van der Waals surface area contributed by atoms with E-state index in [1.807, 2.05) is 48.5 Å². The van der Waals surface area contributed by atoms with Crippen molar-refractivity contribution >= 4 is 39.5 Å². The molecule has 0 radical (unpaired) electrons. The van der Waals surface area contributed by atoms with Gasteiger partial charge in [-0.25, -0.2) is 4.68 Å². The van der Waals surface area contributed by atoms with E-state index in [1.165, 1.54) is 11.3 Å². The van der Waals surface area contributed by atoms with E-state index in [-0.39, 0.29) is 17.0 Å². The van der Waals surface area contributed by atoms with Gasteiger partial charge in [0, 0.05) is 24.5 Å². The van der Waals surface area contributed by atoms with Gasteiger partial charge in [-0.15, -0.1) is 10.2 Å². The van der Waals surface area contributed by atoms with E-state index in [9.17, 15) is 4.79 Å². The Morgan fingerprint density at radius 2 is 1.97 bits per heavy atom. The molecule has 1 aliphatic rings. The maximum Gasteiger partial charge on any atom is 0.286 e. The summed E-state index contributed by atoms with van der Waals surface area (Å²) in [5, 5.41) is 17.5. The second kappa shape index (κ2) is 7.85. The molecule has 0 spiro atoms. The summed E-state index contributed by atoms with van der Waals surface area (Å²) in [4.78, 5) is 15.1. The van der Waals surface area contributed by atoms with Crippen molar-refractivity contribution in [1.29, 1.82) is 0 Å². The van der Waals surface area contributed by atoms with Crippen molar-refractivity contribution in [1.82, 2.24) is 20.0 Å². The minimum Gasteiger partial charge on any atom is -0.368 e. The number of rotatable bonds is 4. The first-order valence-corrected chi connectivity index (χ1v) is 10.7. The number of anilines is 2. The number of benzene rings is 2. The third kappa shape index (κ3) is 3.53. The largest absolute Gasteiger partial charge is 0.368 e. The van der Waals surface area contributed by atoms with Crippen LogP contribution in [0.25, 0.3) is 16.0 Å². The maximum absolute atomic E-state index is 12.9. The number of fused-ring (bicyclic) bond motifs is 1. The normalized spacial score (nSPS) is 16.7. The molecule has 30 heavy (non-hydrogen) atoms. The van der Waals surface area contributed by atoms with Crippen molar-refractivity contribution in [3.05, 3.63) is 59.7 Å². The number of hydrogen-bond donors (Lipinski definition) is 2. The number of nitrogens with zero attached hydrogens (tertiary/aromatic N) is 5. The molecule has 2 aromatic heterocycles. The molecule has 0 aliphatic carbocycles. The summed E-state index contributed by atoms with van der Waals surface area (Å²) in [6, 6.07) is 15.8. The highest BCUT2D eigenvalue weighted by Gasteiger charge is 2.21. The summed E-state index contributed by atoms with van der Waals surface area (Å²) in [7, 11) is 0. The molecule has 1 saturated heterocycles. The zero-order chi connectivity index (χ0) is 20.5. The van der Waals surface area contributed by atoms with Crippen LogP contribution in [0.3, 0.4) is 0 Å².